The number of benzene rings is 1. The molecule has 0 aliphatic rings. The number of fused-ring (bicyclic) bond motifs is 1. The maximum absolute atomic E-state index is 11.5. The van der Waals surface area contributed by atoms with Gasteiger partial charge in [0.1, 0.15) is 10.1 Å². The molecule has 0 radical (unpaired) electrons. The summed E-state index contributed by atoms with van der Waals surface area (Å²) >= 11 is 1.33. The number of hydrogen-bond acceptors (Lipinski definition) is 8. The fourth-order valence-electron chi connectivity index (χ4n) is 1.86. The number of carbonyl (C=O) groups excluding carboxylic acids is 4. The molecular formula is C14H14N6O4S2. The number of primary amides is 4. The van der Waals surface area contributed by atoms with Gasteiger partial charge in [0.15, 0.2) is 10.5 Å². The Labute approximate surface area is 155 Å². The molecule has 0 unspecified atom stereocenters. The molecule has 0 aliphatic carbocycles. The molecule has 0 atom stereocenters. The number of nitrogens with zero attached hydrogens (tertiary/aromatic N) is 2. The van der Waals surface area contributed by atoms with Crippen molar-refractivity contribution in [2.24, 2.45) is 22.9 Å². The van der Waals surface area contributed by atoms with E-state index in [4.69, 9.17) is 22.9 Å². The summed E-state index contributed by atoms with van der Waals surface area (Å²) in [6.45, 7) is 0. The molecule has 2 rings (SSSR count). The average Bonchev–Trinajstić information content (AvgIpc) is 2.55. The van der Waals surface area contributed by atoms with E-state index >= 15 is 0 Å². The highest BCUT2D eigenvalue weighted by Gasteiger charge is 2.29. The highest BCUT2D eigenvalue weighted by atomic mass is 32.2. The first-order valence-electron chi connectivity index (χ1n) is 6.98. The van der Waals surface area contributed by atoms with Crippen molar-refractivity contribution in [2.75, 3.05) is 0 Å². The van der Waals surface area contributed by atoms with E-state index in [2.05, 4.69) is 9.97 Å². The first kappa shape index (κ1) is 19.5. The number of thioether (sulfide) groups is 2. The summed E-state index contributed by atoms with van der Waals surface area (Å²) in [4.78, 5) is 54.4. The van der Waals surface area contributed by atoms with Crippen LogP contribution in [-0.2, 0) is 19.2 Å². The van der Waals surface area contributed by atoms with Crippen molar-refractivity contribution in [3.05, 3.63) is 24.3 Å². The van der Waals surface area contributed by atoms with Crippen molar-refractivity contribution in [2.45, 2.75) is 20.6 Å². The van der Waals surface area contributed by atoms with Crippen LogP contribution in [0.1, 0.15) is 0 Å². The molecule has 0 fully saturated rings. The minimum atomic E-state index is -1.41. The smallest absolute Gasteiger partial charge is 0.240 e. The van der Waals surface area contributed by atoms with Gasteiger partial charge in [-0.25, -0.2) is 9.97 Å². The van der Waals surface area contributed by atoms with Crippen molar-refractivity contribution < 1.29 is 19.2 Å². The zero-order chi connectivity index (χ0) is 19.4. The summed E-state index contributed by atoms with van der Waals surface area (Å²) in [5.41, 5.74) is 21.6. The van der Waals surface area contributed by atoms with Gasteiger partial charge in [0, 0.05) is 0 Å². The quantitative estimate of drug-likeness (QED) is 0.306. The monoisotopic (exact) mass is 394 g/mol. The Kier molecular flexibility index (Phi) is 6.00. The number of aromatic nitrogens is 2. The van der Waals surface area contributed by atoms with Gasteiger partial charge in [-0.15, -0.1) is 0 Å². The Balaban J connectivity index is 2.54. The lowest BCUT2D eigenvalue weighted by molar-refractivity contribution is -0.126. The van der Waals surface area contributed by atoms with Gasteiger partial charge in [-0.05, 0) is 12.1 Å². The van der Waals surface area contributed by atoms with Crippen LogP contribution < -0.4 is 22.9 Å². The molecule has 1 heterocycles. The summed E-state index contributed by atoms with van der Waals surface area (Å²) in [6, 6.07) is 6.75. The standard InChI is InChI=1S/C14H14N6O4S2/c15-9(21)7(10(16)22)25-13-14(26-8(11(17)23)12(18)24)20-6-4-2-1-3-5(6)19-13/h1-4,7-8H,(H2,15,21)(H2,16,22)(H2,17,23)(H2,18,24). The van der Waals surface area contributed by atoms with Crippen LogP contribution >= 0.6 is 23.5 Å². The van der Waals surface area contributed by atoms with Crippen molar-refractivity contribution in [1.82, 2.24) is 9.97 Å². The van der Waals surface area contributed by atoms with Crippen LogP contribution in [0.2, 0.25) is 0 Å². The Morgan fingerprint density at radius 2 is 1.00 bits per heavy atom. The predicted molar refractivity (Wildman–Crippen MR) is 95.6 cm³/mol. The van der Waals surface area contributed by atoms with Gasteiger partial charge in [-0.3, -0.25) is 19.2 Å². The lowest BCUT2D eigenvalue weighted by Gasteiger charge is -2.14. The van der Waals surface area contributed by atoms with Gasteiger partial charge in [0.05, 0.1) is 11.0 Å². The van der Waals surface area contributed by atoms with Crippen molar-refractivity contribution in [3.8, 4) is 0 Å². The number of hydrogen-bond donors (Lipinski definition) is 4. The average molecular weight is 394 g/mol. The molecule has 2 aromatic rings. The van der Waals surface area contributed by atoms with Gasteiger partial charge in [0.25, 0.3) is 0 Å². The van der Waals surface area contributed by atoms with Gasteiger partial charge in [0.2, 0.25) is 23.6 Å². The van der Waals surface area contributed by atoms with E-state index in [1.54, 1.807) is 24.3 Å². The van der Waals surface area contributed by atoms with Crippen molar-refractivity contribution in [1.29, 1.82) is 0 Å². The third-order valence-corrected chi connectivity index (χ3v) is 5.55. The zero-order valence-electron chi connectivity index (χ0n) is 13.1. The van der Waals surface area contributed by atoms with E-state index in [0.29, 0.717) is 34.6 Å². The minimum absolute atomic E-state index is 0.0869. The minimum Gasteiger partial charge on any atom is -0.368 e. The highest BCUT2D eigenvalue weighted by Crippen LogP contribution is 2.34. The molecule has 4 amide bonds. The number of carbonyl (C=O) groups is 4. The number of rotatable bonds is 8. The molecule has 0 spiro atoms. The molecule has 26 heavy (non-hydrogen) atoms. The largest absolute Gasteiger partial charge is 0.368 e. The first-order chi connectivity index (χ1) is 12.2. The van der Waals surface area contributed by atoms with Gasteiger partial charge < -0.3 is 22.9 Å². The Hall–Kier alpha value is -2.86. The van der Waals surface area contributed by atoms with Crippen LogP contribution in [0.5, 0.6) is 0 Å². The summed E-state index contributed by atoms with van der Waals surface area (Å²) in [5.74, 6) is -3.85. The molecule has 0 bridgehead atoms. The van der Waals surface area contributed by atoms with Crippen LogP contribution in [-0.4, -0.2) is 44.1 Å². The molecule has 1 aromatic heterocycles. The summed E-state index contributed by atoms with van der Waals surface area (Å²) in [7, 11) is 0. The number of para-hydroxylation sites is 2. The molecule has 136 valence electrons. The van der Waals surface area contributed by atoms with E-state index in [0.717, 1.165) is 0 Å². The molecule has 0 saturated heterocycles. The lowest BCUT2D eigenvalue weighted by atomic mass is 10.3. The second-order valence-electron chi connectivity index (χ2n) is 4.93. The molecule has 0 saturated carbocycles. The third-order valence-electron chi connectivity index (χ3n) is 3.00. The van der Waals surface area contributed by atoms with Crippen LogP contribution in [0, 0.1) is 0 Å². The fraction of sp³-hybridized carbons (Fsp3) is 0.143. The Morgan fingerprint density at radius 3 is 1.27 bits per heavy atom. The van der Waals surface area contributed by atoms with E-state index in [1.807, 2.05) is 0 Å². The zero-order valence-corrected chi connectivity index (χ0v) is 14.8. The maximum atomic E-state index is 11.5. The Bertz CT molecular complexity index is 806. The maximum Gasteiger partial charge on any atom is 0.240 e. The summed E-state index contributed by atoms with van der Waals surface area (Å²) in [5, 5.41) is -2.65. The fourth-order valence-corrected chi connectivity index (χ4v) is 3.65. The van der Waals surface area contributed by atoms with Crippen LogP contribution in [0.25, 0.3) is 11.0 Å². The molecule has 1 aromatic carbocycles. The second-order valence-corrected chi connectivity index (χ2v) is 7.12. The first-order valence-corrected chi connectivity index (χ1v) is 8.74. The van der Waals surface area contributed by atoms with E-state index in [9.17, 15) is 19.2 Å². The summed E-state index contributed by atoms with van der Waals surface area (Å²) in [6.07, 6.45) is 0. The number of nitrogens with two attached hydrogens (primary N) is 4. The normalized spacial score (nSPS) is 11.0. The van der Waals surface area contributed by atoms with E-state index < -0.39 is 34.1 Å². The van der Waals surface area contributed by atoms with Gasteiger partial charge in [-0.2, -0.15) is 0 Å². The third kappa shape index (κ3) is 4.40. The van der Waals surface area contributed by atoms with Gasteiger partial charge >= 0.3 is 0 Å². The SMILES string of the molecule is NC(=O)C(Sc1nc2ccccc2nc1SC(C(N)=O)C(N)=O)C(N)=O. The Morgan fingerprint density at radius 1 is 0.692 bits per heavy atom. The van der Waals surface area contributed by atoms with Gasteiger partial charge in [-0.1, -0.05) is 35.7 Å². The highest BCUT2D eigenvalue weighted by molar-refractivity contribution is 8.04. The predicted octanol–water partition coefficient (Wildman–Crippen LogP) is -1.51. The molecule has 10 nitrogen and oxygen atoms in total. The molecule has 12 heteroatoms. The lowest BCUT2D eigenvalue weighted by Crippen LogP contribution is -2.38. The van der Waals surface area contributed by atoms with E-state index in [-0.39, 0.29) is 10.1 Å². The number of amides is 4. The van der Waals surface area contributed by atoms with Crippen LogP contribution in [0.4, 0.5) is 0 Å². The topological polar surface area (TPSA) is 198 Å². The van der Waals surface area contributed by atoms with Crippen molar-refractivity contribution >= 4 is 58.2 Å². The van der Waals surface area contributed by atoms with E-state index in [1.165, 1.54) is 0 Å². The molecule has 8 N–H and O–H groups in total. The summed E-state index contributed by atoms with van der Waals surface area (Å²) < 4.78 is 0. The second kappa shape index (κ2) is 8.01. The van der Waals surface area contributed by atoms with Crippen molar-refractivity contribution in [3.63, 3.8) is 0 Å². The van der Waals surface area contributed by atoms with Crippen LogP contribution in [0.15, 0.2) is 34.3 Å². The van der Waals surface area contributed by atoms with Crippen LogP contribution in [0.3, 0.4) is 0 Å². The molecule has 0 aliphatic heterocycles. The molecular weight excluding hydrogens is 380 g/mol.